The van der Waals surface area contributed by atoms with Gasteiger partial charge < -0.3 is 9.64 Å². The van der Waals surface area contributed by atoms with E-state index in [0.717, 1.165) is 38.5 Å². The lowest BCUT2D eigenvalue weighted by atomic mass is 10.1. The van der Waals surface area contributed by atoms with E-state index < -0.39 is 12.0 Å². The molecule has 1 aliphatic heterocycles. The van der Waals surface area contributed by atoms with Gasteiger partial charge in [-0.15, -0.1) is 0 Å². The van der Waals surface area contributed by atoms with Crippen molar-refractivity contribution in [3.05, 3.63) is 18.1 Å². The summed E-state index contributed by atoms with van der Waals surface area (Å²) in [5.74, 6) is -0.805. The number of aromatic nitrogens is 2. The number of hydrogen-bond donors (Lipinski definition) is 0. The Morgan fingerprint density at radius 3 is 2.90 bits per heavy atom. The molecule has 0 aromatic carbocycles. The molecule has 0 spiro atoms. The maximum atomic E-state index is 12.5. The molecule has 1 atom stereocenters. The zero-order chi connectivity index (χ0) is 14.6. The number of ether oxygens (including phenoxy) is 1. The molecular weight excluding hydrogens is 271 g/mol. The van der Waals surface area contributed by atoms with Crippen LogP contribution in [0.15, 0.2) is 12.3 Å². The largest absolute Gasteiger partial charge is 0.451 e. The minimum absolute atomic E-state index is 0.291. The molecule has 2 rings (SSSR count). The Balaban J connectivity index is 1.86. The fourth-order valence-electron chi connectivity index (χ4n) is 2.24. The fourth-order valence-corrected chi connectivity index (χ4v) is 2.24. The van der Waals surface area contributed by atoms with E-state index in [1.807, 2.05) is 0 Å². The first-order valence-electron chi connectivity index (χ1n) is 6.70. The zero-order valence-corrected chi connectivity index (χ0v) is 11.4. The van der Waals surface area contributed by atoms with Crippen molar-refractivity contribution in [3.63, 3.8) is 0 Å². The number of nitrogens with zero attached hydrogens (tertiary/aromatic N) is 3. The van der Waals surface area contributed by atoms with Crippen molar-refractivity contribution in [2.45, 2.75) is 38.0 Å². The van der Waals surface area contributed by atoms with Gasteiger partial charge in [0.25, 0.3) is 0 Å². The predicted molar refractivity (Wildman–Crippen MR) is 68.5 cm³/mol. The minimum Gasteiger partial charge on any atom is -0.378 e. The molecule has 7 heteroatoms. The molecule has 0 aliphatic carbocycles. The van der Waals surface area contributed by atoms with Crippen LogP contribution in [0.5, 0.6) is 0 Å². The highest BCUT2D eigenvalue weighted by atomic mass is 19.4. The van der Waals surface area contributed by atoms with Gasteiger partial charge in [-0.2, -0.15) is 13.2 Å². The highest BCUT2D eigenvalue weighted by Crippen LogP contribution is 2.27. The first kappa shape index (κ1) is 15.0. The van der Waals surface area contributed by atoms with Crippen LogP contribution in [0.4, 0.5) is 19.0 Å². The van der Waals surface area contributed by atoms with Gasteiger partial charge in [-0.3, -0.25) is 0 Å². The topological polar surface area (TPSA) is 38.2 Å². The summed E-state index contributed by atoms with van der Waals surface area (Å²) >= 11 is 0. The predicted octanol–water partition coefficient (Wildman–Crippen LogP) is 2.89. The Hall–Kier alpha value is -1.37. The van der Waals surface area contributed by atoms with Crippen LogP contribution in [0, 0.1) is 0 Å². The summed E-state index contributed by atoms with van der Waals surface area (Å²) in [4.78, 5) is 8.52. The van der Waals surface area contributed by atoms with Crippen molar-refractivity contribution in [1.82, 2.24) is 9.97 Å². The van der Waals surface area contributed by atoms with Crippen molar-refractivity contribution in [2.24, 2.45) is 0 Å². The van der Waals surface area contributed by atoms with Crippen LogP contribution in [0.25, 0.3) is 0 Å². The fraction of sp³-hybridized carbons (Fsp3) is 0.692. The van der Waals surface area contributed by atoms with E-state index in [2.05, 4.69) is 9.97 Å². The number of anilines is 1. The molecule has 1 fully saturated rings. The number of rotatable bonds is 5. The maximum Gasteiger partial charge on any atom is 0.451 e. The Bertz CT molecular complexity index is 433. The molecule has 1 aromatic rings. The summed E-state index contributed by atoms with van der Waals surface area (Å²) in [6, 6.07) is 1.49. The van der Waals surface area contributed by atoms with Crippen LogP contribution in [0.3, 0.4) is 0 Å². The van der Waals surface area contributed by atoms with Crippen molar-refractivity contribution in [1.29, 1.82) is 0 Å². The normalized spacial score (nSPS) is 19.3. The summed E-state index contributed by atoms with van der Waals surface area (Å²) in [6.07, 6.45) is 0.917. The van der Waals surface area contributed by atoms with Gasteiger partial charge >= 0.3 is 6.18 Å². The minimum atomic E-state index is -4.51. The lowest BCUT2D eigenvalue weighted by Gasteiger charge is -2.19. The van der Waals surface area contributed by atoms with Gasteiger partial charge in [-0.25, -0.2) is 9.97 Å². The summed E-state index contributed by atoms with van der Waals surface area (Å²) in [7, 11) is 1.73. The Labute approximate surface area is 116 Å². The van der Waals surface area contributed by atoms with Gasteiger partial charge in [0.15, 0.2) is 0 Å². The van der Waals surface area contributed by atoms with Crippen molar-refractivity contribution < 1.29 is 17.9 Å². The average Bonchev–Trinajstić information content (AvgIpc) is 2.91. The standard InChI is InChI=1S/C13H18F3N3O/c1-19(8-2-4-10-5-3-9-20-10)11-6-7-17-12(18-11)13(14,15)16/h6-7,10H,2-5,8-9H2,1H3. The molecule has 0 radical (unpaired) electrons. The lowest BCUT2D eigenvalue weighted by molar-refractivity contribution is -0.144. The van der Waals surface area contributed by atoms with Gasteiger partial charge in [0.05, 0.1) is 6.10 Å². The summed E-state index contributed by atoms with van der Waals surface area (Å²) in [5.41, 5.74) is 0. The summed E-state index contributed by atoms with van der Waals surface area (Å²) < 4.78 is 43.1. The molecule has 2 heterocycles. The first-order valence-corrected chi connectivity index (χ1v) is 6.70. The third kappa shape index (κ3) is 4.06. The van der Waals surface area contributed by atoms with Gasteiger partial charge in [-0.1, -0.05) is 0 Å². The molecule has 1 unspecified atom stereocenters. The highest BCUT2D eigenvalue weighted by Gasteiger charge is 2.34. The van der Waals surface area contributed by atoms with Crippen LogP contribution < -0.4 is 4.90 Å². The van der Waals surface area contributed by atoms with E-state index in [0.29, 0.717) is 18.5 Å². The molecular formula is C13H18F3N3O. The number of alkyl halides is 3. The second-order valence-corrected chi connectivity index (χ2v) is 4.94. The molecule has 0 bridgehead atoms. The first-order chi connectivity index (χ1) is 9.47. The van der Waals surface area contributed by atoms with Gasteiger partial charge in [0, 0.05) is 26.4 Å². The SMILES string of the molecule is CN(CCCC1CCCO1)c1ccnc(C(F)(F)F)n1. The van der Waals surface area contributed by atoms with E-state index in [-0.39, 0.29) is 0 Å². The quantitative estimate of drug-likeness (QED) is 0.835. The Morgan fingerprint density at radius 1 is 1.45 bits per heavy atom. The molecule has 4 nitrogen and oxygen atoms in total. The molecule has 1 saturated heterocycles. The molecule has 1 aromatic heterocycles. The highest BCUT2D eigenvalue weighted by molar-refractivity contribution is 5.36. The second kappa shape index (κ2) is 6.39. The number of hydrogen-bond acceptors (Lipinski definition) is 4. The molecule has 0 saturated carbocycles. The van der Waals surface area contributed by atoms with Crippen LogP contribution in [0.1, 0.15) is 31.5 Å². The Kier molecular flexibility index (Phi) is 4.80. The summed E-state index contributed by atoms with van der Waals surface area (Å²) in [5, 5.41) is 0. The second-order valence-electron chi connectivity index (χ2n) is 4.94. The molecule has 112 valence electrons. The lowest BCUT2D eigenvalue weighted by Crippen LogP contribution is -2.23. The van der Waals surface area contributed by atoms with Crippen LogP contribution in [0.2, 0.25) is 0 Å². The molecule has 0 N–H and O–H groups in total. The van der Waals surface area contributed by atoms with E-state index >= 15 is 0 Å². The van der Waals surface area contributed by atoms with Crippen molar-refractivity contribution >= 4 is 5.82 Å². The average molecular weight is 289 g/mol. The number of halogens is 3. The Morgan fingerprint density at radius 2 is 2.25 bits per heavy atom. The van der Waals surface area contributed by atoms with E-state index in [4.69, 9.17) is 4.74 Å². The van der Waals surface area contributed by atoms with E-state index in [1.54, 1.807) is 11.9 Å². The van der Waals surface area contributed by atoms with Gasteiger partial charge in [-0.05, 0) is 31.7 Å². The van der Waals surface area contributed by atoms with E-state index in [9.17, 15) is 13.2 Å². The molecule has 0 amide bonds. The summed E-state index contributed by atoms with van der Waals surface area (Å²) in [6.45, 7) is 1.47. The van der Waals surface area contributed by atoms with E-state index in [1.165, 1.54) is 6.07 Å². The molecule has 20 heavy (non-hydrogen) atoms. The maximum absolute atomic E-state index is 12.5. The zero-order valence-electron chi connectivity index (χ0n) is 11.4. The van der Waals surface area contributed by atoms with Crippen LogP contribution in [-0.4, -0.2) is 36.3 Å². The van der Waals surface area contributed by atoms with Crippen LogP contribution >= 0.6 is 0 Å². The third-order valence-corrected chi connectivity index (χ3v) is 3.33. The monoisotopic (exact) mass is 289 g/mol. The smallest absolute Gasteiger partial charge is 0.378 e. The van der Waals surface area contributed by atoms with Crippen molar-refractivity contribution in [3.8, 4) is 0 Å². The van der Waals surface area contributed by atoms with Gasteiger partial charge in [0.1, 0.15) is 5.82 Å². The molecule has 1 aliphatic rings. The van der Waals surface area contributed by atoms with Crippen LogP contribution in [-0.2, 0) is 10.9 Å². The third-order valence-electron chi connectivity index (χ3n) is 3.33. The van der Waals surface area contributed by atoms with Gasteiger partial charge in [0.2, 0.25) is 5.82 Å². The van der Waals surface area contributed by atoms with Crippen molar-refractivity contribution in [2.75, 3.05) is 25.1 Å².